The molecule has 21 heavy (non-hydrogen) atoms. The molecule has 0 aliphatic rings. The molecule has 0 spiro atoms. The SMILES string of the molecule is CC(C)NC(C)(CCCSCc1ccc(Cl)cc1)C(N)=O. The highest BCUT2D eigenvalue weighted by Crippen LogP contribution is 2.19. The van der Waals surface area contributed by atoms with Crippen molar-refractivity contribution in [3.05, 3.63) is 34.9 Å². The summed E-state index contributed by atoms with van der Waals surface area (Å²) in [7, 11) is 0. The highest BCUT2D eigenvalue weighted by atomic mass is 35.5. The minimum absolute atomic E-state index is 0.240. The molecule has 0 fully saturated rings. The number of amides is 1. The summed E-state index contributed by atoms with van der Waals surface area (Å²) in [5.74, 6) is 1.69. The quantitative estimate of drug-likeness (QED) is 0.681. The molecule has 0 bridgehead atoms. The number of benzene rings is 1. The normalized spacial score (nSPS) is 14.1. The fourth-order valence-corrected chi connectivity index (χ4v) is 3.25. The number of thioether (sulfide) groups is 1. The Morgan fingerprint density at radius 1 is 1.38 bits per heavy atom. The lowest BCUT2D eigenvalue weighted by Gasteiger charge is -2.29. The Labute approximate surface area is 137 Å². The number of carbonyl (C=O) groups excluding carboxylic acids is 1. The first-order chi connectivity index (χ1) is 9.83. The molecule has 1 aromatic carbocycles. The Morgan fingerprint density at radius 3 is 2.52 bits per heavy atom. The largest absolute Gasteiger partial charge is 0.368 e. The first kappa shape index (κ1) is 18.3. The molecule has 3 N–H and O–H groups in total. The van der Waals surface area contributed by atoms with Gasteiger partial charge in [-0.1, -0.05) is 23.7 Å². The van der Waals surface area contributed by atoms with E-state index in [9.17, 15) is 4.79 Å². The van der Waals surface area contributed by atoms with Crippen molar-refractivity contribution in [1.82, 2.24) is 5.32 Å². The maximum absolute atomic E-state index is 11.6. The molecule has 1 atom stereocenters. The zero-order valence-corrected chi connectivity index (χ0v) is 14.6. The molecule has 1 unspecified atom stereocenters. The molecular weight excluding hydrogens is 304 g/mol. The Morgan fingerprint density at radius 2 is 2.00 bits per heavy atom. The van der Waals surface area contributed by atoms with Crippen molar-refractivity contribution in [2.75, 3.05) is 5.75 Å². The van der Waals surface area contributed by atoms with E-state index in [1.165, 1.54) is 5.56 Å². The van der Waals surface area contributed by atoms with Crippen molar-refractivity contribution in [2.45, 2.75) is 50.9 Å². The van der Waals surface area contributed by atoms with Crippen LogP contribution in [0.25, 0.3) is 0 Å². The molecule has 1 rings (SSSR count). The molecule has 0 aromatic heterocycles. The summed E-state index contributed by atoms with van der Waals surface area (Å²) >= 11 is 7.72. The zero-order chi connectivity index (χ0) is 15.9. The van der Waals surface area contributed by atoms with Crippen LogP contribution in [0.4, 0.5) is 0 Å². The van der Waals surface area contributed by atoms with Gasteiger partial charge in [-0.25, -0.2) is 0 Å². The van der Waals surface area contributed by atoms with Crippen LogP contribution >= 0.6 is 23.4 Å². The van der Waals surface area contributed by atoms with Crippen LogP contribution in [0.15, 0.2) is 24.3 Å². The molecule has 3 nitrogen and oxygen atoms in total. The van der Waals surface area contributed by atoms with Gasteiger partial charge < -0.3 is 11.1 Å². The number of hydrogen-bond acceptors (Lipinski definition) is 3. The second-order valence-corrected chi connectivity index (χ2v) is 7.32. The van der Waals surface area contributed by atoms with Crippen LogP contribution in [-0.2, 0) is 10.5 Å². The summed E-state index contributed by atoms with van der Waals surface area (Å²) in [5.41, 5.74) is 6.17. The van der Waals surface area contributed by atoms with Crippen molar-refractivity contribution in [3.8, 4) is 0 Å². The molecule has 0 radical (unpaired) electrons. The number of nitrogens with one attached hydrogen (secondary N) is 1. The molecular formula is C16H25ClN2OS. The first-order valence-corrected chi connectivity index (χ1v) is 8.76. The van der Waals surface area contributed by atoms with Gasteiger partial charge in [0.05, 0.1) is 5.54 Å². The number of nitrogens with two attached hydrogens (primary N) is 1. The Balaban J connectivity index is 2.31. The van der Waals surface area contributed by atoms with Gasteiger partial charge in [0.15, 0.2) is 0 Å². The molecule has 0 aliphatic carbocycles. The van der Waals surface area contributed by atoms with Crippen molar-refractivity contribution in [1.29, 1.82) is 0 Å². The highest BCUT2D eigenvalue weighted by molar-refractivity contribution is 7.98. The van der Waals surface area contributed by atoms with Gasteiger partial charge >= 0.3 is 0 Å². The van der Waals surface area contributed by atoms with Crippen LogP contribution in [0.3, 0.4) is 0 Å². The summed E-state index contributed by atoms with van der Waals surface area (Å²) in [6.45, 7) is 5.94. The Bertz CT molecular complexity index is 450. The van der Waals surface area contributed by atoms with E-state index in [4.69, 9.17) is 17.3 Å². The maximum Gasteiger partial charge on any atom is 0.237 e. The fourth-order valence-electron chi connectivity index (χ4n) is 2.20. The van der Waals surface area contributed by atoms with Crippen molar-refractivity contribution in [3.63, 3.8) is 0 Å². The van der Waals surface area contributed by atoms with Crippen LogP contribution in [-0.4, -0.2) is 23.2 Å². The number of primary amides is 1. The van der Waals surface area contributed by atoms with Gasteiger partial charge in [0, 0.05) is 16.8 Å². The summed E-state index contributed by atoms with van der Waals surface area (Å²) in [6, 6.07) is 8.15. The summed E-state index contributed by atoms with van der Waals surface area (Å²) in [5, 5.41) is 4.04. The number of hydrogen-bond donors (Lipinski definition) is 2. The van der Waals surface area contributed by atoms with Gasteiger partial charge in [0.1, 0.15) is 0 Å². The second kappa shape index (κ2) is 8.66. The third-order valence-electron chi connectivity index (χ3n) is 3.30. The van der Waals surface area contributed by atoms with E-state index >= 15 is 0 Å². The zero-order valence-electron chi connectivity index (χ0n) is 13.0. The average Bonchev–Trinajstić information content (AvgIpc) is 2.39. The van der Waals surface area contributed by atoms with E-state index in [1.807, 2.05) is 56.8 Å². The van der Waals surface area contributed by atoms with Crippen molar-refractivity contribution < 1.29 is 4.79 Å². The van der Waals surface area contributed by atoms with Gasteiger partial charge in [0.25, 0.3) is 0 Å². The van der Waals surface area contributed by atoms with Gasteiger partial charge in [-0.05, 0) is 57.1 Å². The van der Waals surface area contributed by atoms with Crippen LogP contribution in [0, 0.1) is 0 Å². The third kappa shape index (κ3) is 6.72. The molecule has 1 amide bonds. The lowest BCUT2D eigenvalue weighted by atomic mass is 9.94. The molecule has 0 saturated heterocycles. The van der Waals surface area contributed by atoms with Gasteiger partial charge in [-0.2, -0.15) is 11.8 Å². The second-order valence-electron chi connectivity index (χ2n) is 5.78. The van der Waals surface area contributed by atoms with E-state index in [-0.39, 0.29) is 11.9 Å². The van der Waals surface area contributed by atoms with E-state index < -0.39 is 5.54 Å². The Hall–Kier alpha value is -0.710. The first-order valence-electron chi connectivity index (χ1n) is 7.23. The van der Waals surface area contributed by atoms with Crippen molar-refractivity contribution in [2.24, 2.45) is 5.73 Å². The maximum atomic E-state index is 11.6. The van der Waals surface area contributed by atoms with E-state index in [2.05, 4.69) is 5.32 Å². The molecule has 0 heterocycles. The molecule has 5 heteroatoms. The molecule has 0 aliphatic heterocycles. The van der Waals surface area contributed by atoms with E-state index in [0.717, 1.165) is 29.4 Å². The fraction of sp³-hybridized carbons (Fsp3) is 0.562. The smallest absolute Gasteiger partial charge is 0.237 e. The monoisotopic (exact) mass is 328 g/mol. The Kier molecular flexibility index (Phi) is 7.57. The summed E-state index contributed by atoms with van der Waals surface area (Å²) in [4.78, 5) is 11.6. The van der Waals surface area contributed by atoms with Crippen LogP contribution in [0.2, 0.25) is 5.02 Å². The predicted molar refractivity (Wildman–Crippen MR) is 92.7 cm³/mol. The number of rotatable bonds is 9. The minimum Gasteiger partial charge on any atom is -0.368 e. The lowest BCUT2D eigenvalue weighted by Crippen LogP contribution is -2.55. The number of carbonyl (C=O) groups is 1. The molecule has 118 valence electrons. The third-order valence-corrected chi connectivity index (χ3v) is 4.67. The van der Waals surface area contributed by atoms with Gasteiger partial charge in [-0.15, -0.1) is 0 Å². The minimum atomic E-state index is -0.616. The summed E-state index contributed by atoms with van der Waals surface area (Å²) < 4.78 is 0. The standard InChI is InChI=1S/C16H25ClN2OS/c1-12(2)19-16(3,15(18)20)9-4-10-21-11-13-5-7-14(17)8-6-13/h5-8,12,19H,4,9-11H2,1-3H3,(H2,18,20). The van der Waals surface area contributed by atoms with Gasteiger partial charge in [-0.3, -0.25) is 4.79 Å². The predicted octanol–water partition coefficient (Wildman–Crippen LogP) is 3.60. The molecule has 0 saturated carbocycles. The lowest BCUT2D eigenvalue weighted by molar-refractivity contribution is -0.124. The molecule has 1 aromatic rings. The van der Waals surface area contributed by atoms with Gasteiger partial charge in [0.2, 0.25) is 5.91 Å². The van der Waals surface area contributed by atoms with Crippen LogP contribution in [0.5, 0.6) is 0 Å². The summed E-state index contributed by atoms with van der Waals surface area (Å²) in [6.07, 6.45) is 1.71. The number of halogens is 1. The van der Waals surface area contributed by atoms with Crippen LogP contribution < -0.4 is 11.1 Å². The van der Waals surface area contributed by atoms with E-state index in [1.54, 1.807) is 0 Å². The van der Waals surface area contributed by atoms with E-state index in [0.29, 0.717) is 0 Å². The average molecular weight is 329 g/mol. The van der Waals surface area contributed by atoms with Crippen molar-refractivity contribution >= 4 is 29.3 Å². The topological polar surface area (TPSA) is 55.1 Å². The van der Waals surface area contributed by atoms with Crippen LogP contribution in [0.1, 0.15) is 39.2 Å². The highest BCUT2D eigenvalue weighted by Gasteiger charge is 2.30.